The fourth-order valence-corrected chi connectivity index (χ4v) is 5.38. The van der Waals surface area contributed by atoms with Crippen LogP contribution < -0.4 is 0 Å². The number of aryl methyl sites for hydroxylation is 1. The summed E-state index contributed by atoms with van der Waals surface area (Å²) in [4.78, 5) is 0. The van der Waals surface area contributed by atoms with Crippen molar-refractivity contribution in [3.63, 3.8) is 0 Å². The third-order valence-corrected chi connectivity index (χ3v) is 6.58. The first kappa shape index (κ1) is 16.0. The van der Waals surface area contributed by atoms with Crippen molar-refractivity contribution in [2.75, 3.05) is 33.4 Å². The zero-order chi connectivity index (χ0) is 15.7. The highest BCUT2D eigenvalue weighted by molar-refractivity contribution is 7.86. The molecule has 2 aliphatic rings. The van der Waals surface area contributed by atoms with Gasteiger partial charge >= 0.3 is 0 Å². The molecule has 0 amide bonds. The number of methoxy groups -OCH3 is 1. The number of hydrogen-bond acceptors (Lipinski definition) is 4. The Kier molecular flexibility index (Phi) is 4.59. The van der Waals surface area contributed by atoms with Gasteiger partial charge < -0.3 is 9.15 Å². The molecule has 0 radical (unpaired) electrons. The lowest BCUT2D eigenvalue weighted by molar-refractivity contribution is 0.157. The largest absolute Gasteiger partial charge is 0.465 e. The maximum absolute atomic E-state index is 12.9. The maximum atomic E-state index is 12.9. The molecule has 0 spiro atoms. The Morgan fingerprint density at radius 1 is 1.32 bits per heavy atom. The van der Waals surface area contributed by atoms with Gasteiger partial charge in [-0.05, 0) is 44.2 Å². The van der Waals surface area contributed by atoms with Gasteiger partial charge in [-0.2, -0.15) is 17.0 Å². The minimum Gasteiger partial charge on any atom is -0.465 e. The molecule has 124 valence electrons. The van der Waals surface area contributed by atoms with Gasteiger partial charge in [0.25, 0.3) is 10.2 Å². The highest BCUT2D eigenvalue weighted by Crippen LogP contribution is 2.37. The highest BCUT2D eigenvalue weighted by Gasteiger charge is 2.42. The second-order valence-corrected chi connectivity index (χ2v) is 8.07. The van der Waals surface area contributed by atoms with Crippen LogP contribution in [0.2, 0.25) is 0 Å². The predicted molar refractivity (Wildman–Crippen MR) is 82.6 cm³/mol. The van der Waals surface area contributed by atoms with E-state index in [1.807, 2.05) is 19.1 Å². The van der Waals surface area contributed by atoms with Crippen molar-refractivity contribution < 1.29 is 17.6 Å². The molecule has 7 heteroatoms. The van der Waals surface area contributed by atoms with Crippen LogP contribution in [0, 0.1) is 12.8 Å². The topological polar surface area (TPSA) is 63.0 Å². The summed E-state index contributed by atoms with van der Waals surface area (Å²) in [6, 6.07) is 3.62. The van der Waals surface area contributed by atoms with Crippen LogP contribution in [-0.2, 0) is 14.9 Å². The van der Waals surface area contributed by atoms with Gasteiger partial charge in [0.1, 0.15) is 11.5 Å². The third-order valence-electron chi connectivity index (χ3n) is 4.57. The average Bonchev–Trinajstić information content (AvgIpc) is 3.17. The van der Waals surface area contributed by atoms with Crippen molar-refractivity contribution in [2.45, 2.75) is 32.2 Å². The Labute approximate surface area is 132 Å². The van der Waals surface area contributed by atoms with Crippen LogP contribution in [0.5, 0.6) is 0 Å². The summed E-state index contributed by atoms with van der Waals surface area (Å²) in [5.74, 6) is 1.87. The van der Waals surface area contributed by atoms with E-state index in [2.05, 4.69) is 0 Å². The van der Waals surface area contributed by atoms with Crippen molar-refractivity contribution in [1.29, 1.82) is 0 Å². The molecule has 6 nitrogen and oxygen atoms in total. The maximum Gasteiger partial charge on any atom is 0.282 e. The SMILES string of the molecule is COC[C@H]1CCN(S(=O)(=O)N2CCC[C@@H]2c2ccc(C)o2)C1. The zero-order valence-electron chi connectivity index (χ0n) is 13.2. The molecule has 2 aliphatic heterocycles. The average molecular weight is 328 g/mol. The lowest BCUT2D eigenvalue weighted by Gasteiger charge is -2.27. The molecule has 3 rings (SSSR count). The number of rotatable bonds is 5. The van der Waals surface area contributed by atoms with Crippen molar-refractivity contribution in [1.82, 2.24) is 8.61 Å². The quantitative estimate of drug-likeness (QED) is 0.829. The molecular weight excluding hydrogens is 304 g/mol. The number of nitrogens with zero attached hydrogens (tertiary/aromatic N) is 2. The molecule has 0 unspecified atom stereocenters. The minimum atomic E-state index is -3.43. The molecule has 1 aromatic heterocycles. The minimum absolute atomic E-state index is 0.167. The van der Waals surface area contributed by atoms with E-state index in [1.165, 1.54) is 0 Å². The summed E-state index contributed by atoms with van der Waals surface area (Å²) in [6.45, 7) is 4.20. The molecular formula is C15H24N2O4S. The second kappa shape index (κ2) is 6.31. The molecule has 22 heavy (non-hydrogen) atoms. The molecule has 2 saturated heterocycles. The molecule has 2 atom stereocenters. The fourth-order valence-electron chi connectivity index (χ4n) is 3.46. The first-order valence-electron chi connectivity index (χ1n) is 7.84. The highest BCUT2D eigenvalue weighted by atomic mass is 32.2. The number of furan rings is 1. The second-order valence-electron chi connectivity index (χ2n) is 6.19. The van der Waals surface area contributed by atoms with E-state index in [9.17, 15) is 8.42 Å². The van der Waals surface area contributed by atoms with Gasteiger partial charge in [0, 0.05) is 26.7 Å². The fraction of sp³-hybridized carbons (Fsp3) is 0.733. The number of hydrogen-bond donors (Lipinski definition) is 0. The summed E-state index contributed by atoms with van der Waals surface area (Å²) < 4.78 is 39.9. The molecule has 0 saturated carbocycles. The van der Waals surface area contributed by atoms with Gasteiger partial charge in [-0.25, -0.2) is 0 Å². The predicted octanol–water partition coefficient (Wildman–Crippen LogP) is 1.94. The van der Waals surface area contributed by atoms with Gasteiger partial charge in [0.05, 0.1) is 12.6 Å². The zero-order valence-corrected chi connectivity index (χ0v) is 14.0. The monoisotopic (exact) mass is 328 g/mol. The number of ether oxygens (including phenoxy) is 1. The van der Waals surface area contributed by atoms with Crippen LogP contribution in [0.3, 0.4) is 0 Å². The van der Waals surface area contributed by atoms with Crippen molar-refractivity contribution in [2.24, 2.45) is 5.92 Å². The molecule has 0 N–H and O–H groups in total. The van der Waals surface area contributed by atoms with Gasteiger partial charge in [0.2, 0.25) is 0 Å². The van der Waals surface area contributed by atoms with Crippen LogP contribution in [0.15, 0.2) is 16.5 Å². The van der Waals surface area contributed by atoms with Crippen molar-refractivity contribution in [3.8, 4) is 0 Å². The van der Waals surface area contributed by atoms with E-state index in [-0.39, 0.29) is 6.04 Å². The Hall–Kier alpha value is -0.890. The van der Waals surface area contributed by atoms with E-state index in [0.717, 1.165) is 30.8 Å². The van der Waals surface area contributed by atoms with Gasteiger partial charge in [-0.15, -0.1) is 0 Å². The standard InChI is InChI=1S/C15H24N2O4S/c1-12-5-6-15(21-12)14-4-3-8-17(14)22(18,19)16-9-7-13(10-16)11-20-2/h5-6,13-14H,3-4,7-11H2,1-2H3/t13-,14+/m0/s1. The Balaban J connectivity index is 1.76. The summed E-state index contributed by atoms with van der Waals surface area (Å²) in [6.07, 6.45) is 2.56. The van der Waals surface area contributed by atoms with Crippen LogP contribution in [0.25, 0.3) is 0 Å². The van der Waals surface area contributed by atoms with E-state index in [4.69, 9.17) is 9.15 Å². The normalized spacial score (nSPS) is 27.7. The first-order valence-corrected chi connectivity index (χ1v) is 9.24. The molecule has 0 aromatic carbocycles. The van der Waals surface area contributed by atoms with Gasteiger partial charge in [-0.3, -0.25) is 0 Å². The molecule has 3 heterocycles. The van der Waals surface area contributed by atoms with Crippen molar-refractivity contribution in [3.05, 3.63) is 23.7 Å². The summed E-state index contributed by atoms with van der Waals surface area (Å²) >= 11 is 0. The summed E-state index contributed by atoms with van der Waals surface area (Å²) in [7, 11) is -1.77. The summed E-state index contributed by atoms with van der Waals surface area (Å²) in [5, 5.41) is 0. The lowest BCUT2D eigenvalue weighted by Crippen LogP contribution is -2.42. The molecule has 0 bridgehead atoms. The first-order chi connectivity index (χ1) is 10.5. The Bertz CT molecular complexity index is 613. The molecule has 2 fully saturated rings. The van der Waals surface area contributed by atoms with Crippen LogP contribution in [0.4, 0.5) is 0 Å². The Morgan fingerprint density at radius 3 is 2.82 bits per heavy atom. The van der Waals surface area contributed by atoms with Crippen LogP contribution in [-0.4, -0.2) is 50.4 Å². The van der Waals surface area contributed by atoms with E-state index < -0.39 is 10.2 Å². The van der Waals surface area contributed by atoms with Gasteiger partial charge in [-0.1, -0.05) is 0 Å². The molecule has 1 aromatic rings. The van der Waals surface area contributed by atoms with Crippen LogP contribution in [0.1, 0.15) is 36.8 Å². The van der Waals surface area contributed by atoms with E-state index >= 15 is 0 Å². The van der Waals surface area contributed by atoms with Crippen LogP contribution >= 0.6 is 0 Å². The lowest BCUT2D eigenvalue weighted by atomic mass is 10.1. The Morgan fingerprint density at radius 2 is 2.14 bits per heavy atom. The molecule has 0 aliphatic carbocycles. The van der Waals surface area contributed by atoms with Crippen molar-refractivity contribution >= 4 is 10.2 Å². The van der Waals surface area contributed by atoms with Gasteiger partial charge in [0.15, 0.2) is 0 Å². The third kappa shape index (κ3) is 2.95. The smallest absolute Gasteiger partial charge is 0.282 e. The summed E-state index contributed by atoms with van der Waals surface area (Å²) in [5.41, 5.74) is 0. The van der Waals surface area contributed by atoms with E-state index in [0.29, 0.717) is 32.2 Å². The van der Waals surface area contributed by atoms with E-state index in [1.54, 1.807) is 15.7 Å².